The van der Waals surface area contributed by atoms with Crippen molar-refractivity contribution in [3.63, 3.8) is 0 Å². The van der Waals surface area contributed by atoms with Gasteiger partial charge in [0.05, 0.1) is 23.8 Å². The lowest BCUT2D eigenvalue weighted by Crippen LogP contribution is -2.11. The summed E-state index contributed by atoms with van der Waals surface area (Å²) in [7, 11) is 1.31. The molecule has 0 bridgehead atoms. The Labute approximate surface area is 155 Å². The summed E-state index contributed by atoms with van der Waals surface area (Å²) in [5.74, 6) is -1.50. The van der Waals surface area contributed by atoms with Crippen molar-refractivity contribution in [3.8, 4) is 22.8 Å². The van der Waals surface area contributed by atoms with Gasteiger partial charge < -0.3 is 15.6 Å². The summed E-state index contributed by atoms with van der Waals surface area (Å²) in [5, 5.41) is 12.8. The average molecular weight is 394 g/mol. The molecule has 0 aromatic carbocycles. The molecule has 12 heteroatoms. The molecule has 0 aliphatic rings. The van der Waals surface area contributed by atoms with E-state index in [0.29, 0.717) is 0 Å². The summed E-state index contributed by atoms with van der Waals surface area (Å²) in [6.45, 7) is 1.41. The number of methoxy groups -OCH3 is 1. The van der Waals surface area contributed by atoms with Gasteiger partial charge in [0.1, 0.15) is 0 Å². The number of aryl methyl sites for hydroxylation is 1. The fraction of sp³-hybridized carbons (Fsp3) is 0.188. The molecule has 0 unspecified atom stereocenters. The van der Waals surface area contributed by atoms with Crippen molar-refractivity contribution in [2.24, 2.45) is 0 Å². The number of carboxylic acid groups (broad SMARTS) is 1. The minimum Gasteiger partial charge on any atom is -0.481 e. The van der Waals surface area contributed by atoms with Crippen molar-refractivity contribution in [1.82, 2.24) is 24.7 Å². The van der Waals surface area contributed by atoms with Crippen LogP contribution < -0.4 is 10.5 Å². The van der Waals surface area contributed by atoms with Gasteiger partial charge in [-0.2, -0.15) is 23.3 Å². The SMILES string of the molecule is COc1ncc(C(=O)O)cc1-c1cnc(N)nc1-n1nc(C(F)(F)F)cc1C. The minimum absolute atomic E-state index is 0.0282. The molecule has 0 atom stereocenters. The molecule has 146 valence electrons. The van der Waals surface area contributed by atoms with E-state index in [1.165, 1.54) is 26.3 Å². The Kier molecular flexibility index (Phi) is 4.63. The largest absolute Gasteiger partial charge is 0.481 e. The number of alkyl halides is 3. The Bertz CT molecular complexity index is 1060. The maximum Gasteiger partial charge on any atom is 0.435 e. The Hall–Kier alpha value is -3.70. The first-order valence-corrected chi connectivity index (χ1v) is 7.66. The summed E-state index contributed by atoms with van der Waals surface area (Å²) in [5.41, 5.74) is 4.76. The Balaban J connectivity index is 2.28. The molecule has 0 aliphatic carbocycles. The third kappa shape index (κ3) is 3.43. The zero-order valence-corrected chi connectivity index (χ0v) is 14.5. The predicted octanol–water partition coefficient (Wildman–Crippen LogP) is 2.34. The van der Waals surface area contributed by atoms with Crippen molar-refractivity contribution in [2.45, 2.75) is 13.1 Å². The van der Waals surface area contributed by atoms with Crippen LogP contribution in [0.5, 0.6) is 5.88 Å². The predicted molar refractivity (Wildman–Crippen MR) is 90.0 cm³/mol. The van der Waals surface area contributed by atoms with Crippen molar-refractivity contribution < 1.29 is 27.8 Å². The molecule has 9 nitrogen and oxygen atoms in total. The zero-order valence-electron chi connectivity index (χ0n) is 14.5. The standard InChI is InChI=1S/C16H13F3N6O3/c1-7-3-11(16(17,18)19)24-25(7)12-10(6-22-15(20)23-12)9-4-8(14(26)27)5-21-13(9)28-2/h3-6H,1-2H3,(H,26,27)(H2,20,22,23). The number of carbonyl (C=O) groups is 1. The van der Waals surface area contributed by atoms with Crippen LogP contribution in [-0.4, -0.2) is 42.9 Å². The normalized spacial score (nSPS) is 11.5. The number of pyridine rings is 1. The molecular formula is C16H13F3N6O3. The van der Waals surface area contributed by atoms with E-state index in [2.05, 4.69) is 20.1 Å². The molecule has 3 aromatic heterocycles. The second kappa shape index (κ2) is 6.79. The molecular weight excluding hydrogens is 381 g/mol. The molecule has 3 heterocycles. The highest BCUT2D eigenvalue weighted by Crippen LogP contribution is 2.34. The highest BCUT2D eigenvalue weighted by Gasteiger charge is 2.35. The second-order valence-electron chi connectivity index (χ2n) is 5.63. The molecule has 0 fully saturated rings. The van der Waals surface area contributed by atoms with Crippen molar-refractivity contribution >= 4 is 11.9 Å². The van der Waals surface area contributed by atoms with E-state index in [-0.39, 0.29) is 40.0 Å². The number of hydrogen-bond donors (Lipinski definition) is 2. The first kappa shape index (κ1) is 19.1. The number of rotatable bonds is 4. The van der Waals surface area contributed by atoms with E-state index in [1.54, 1.807) is 0 Å². The van der Waals surface area contributed by atoms with Crippen LogP contribution in [0, 0.1) is 6.92 Å². The van der Waals surface area contributed by atoms with Crippen LogP contribution >= 0.6 is 0 Å². The van der Waals surface area contributed by atoms with Gasteiger partial charge in [-0.3, -0.25) is 0 Å². The quantitative estimate of drug-likeness (QED) is 0.690. The third-order valence-corrected chi connectivity index (χ3v) is 3.75. The van der Waals surface area contributed by atoms with Gasteiger partial charge in [-0.15, -0.1) is 0 Å². The Morgan fingerprint density at radius 3 is 2.50 bits per heavy atom. The Morgan fingerprint density at radius 1 is 1.21 bits per heavy atom. The van der Waals surface area contributed by atoms with Gasteiger partial charge in [0, 0.05) is 18.1 Å². The number of nitrogens with two attached hydrogens (primary N) is 1. The molecule has 3 aromatic rings. The van der Waals surface area contributed by atoms with Crippen LogP contribution in [0.3, 0.4) is 0 Å². The highest BCUT2D eigenvalue weighted by atomic mass is 19.4. The average Bonchev–Trinajstić information content (AvgIpc) is 3.03. The number of halogens is 3. The molecule has 0 saturated carbocycles. The number of anilines is 1. The summed E-state index contributed by atoms with van der Waals surface area (Å²) >= 11 is 0. The number of carboxylic acids is 1. The maximum absolute atomic E-state index is 13.0. The van der Waals surface area contributed by atoms with Gasteiger partial charge in [0.15, 0.2) is 11.5 Å². The first-order chi connectivity index (χ1) is 13.1. The van der Waals surface area contributed by atoms with E-state index in [9.17, 15) is 23.1 Å². The van der Waals surface area contributed by atoms with Crippen LogP contribution in [0.1, 0.15) is 21.7 Å². The summed E-state index contributed by atoms with van der Waals surface area (Å²) in [6.07, 6.45) is -2.34. The molecule has 28 heavy (non-hydrogen) atoms. The molecule has 0 saturated heterocycles. The fourth-order valence-electron chi connectivity index (χ4n) is 2.49. The number of nitrogens with zero attached hydrogens (tertiary/aromatic N) is 5. The summed E-state index contributed by atoms with van der Waals surface area (Å²) in [6, 6.07) is 2.10. The highest BCUT2D eigenvalue weighted by molar-refractivity contribution is 5.90. The van der Waals surface area contributed by atoms with Crippen molar-refractivity contribution in [1.29, 1.82) is 0 Å². The van der Waals surface area contributed by atoms with Gasteiger partial charge in [0.2, 0.25) is 11.8 Å². The van der Waals surface area contributed by atoms with Crippen LogP contribution in [0.15, 0.2) is 24.5 Å². The smallest absolute Gasteiger partial charge is 0.435 e. The number of ether oxygens (including phenoxy) is 1. The zero-order chi connectivity index (χ0) is 20.6. The fourth-order valence-corrected chi connectivity index (χ4v) is 2.49. The van der Waals surface area contributed by atoms with Crippen LogP contribution in [0.25, 0.3) is 16.9 Å². The molecule has 0 amide bonds. The van der Waals surface area contributed by atoms with E-state index in [4.69, 9.17) is 10.5 Å². The number of nitrogen functional groups attached to an aromatic ring is 1. The van der Waals surface area contributed by atoms with Crippen LogP contribution in [0.4, 0.5) is 19.1 Å². The van der Waals surface area contributed by atoms with E-state index < -0.39 is 17.8 Å². The number of aromatic carboxylic acids is 1. The second-order valence-corrected chi connectivity index (χ2v) is 5.63. The van der Waals surface area contributed by atoms with Gasteiger partial charge in [-0.1, -0.05) is 0 Å². The van der Waals surface area contributed by atoms with E-state index in [0.717, 1.165) is 16.9 Å². The summed E-state index contributed by atoms with van der Waals surface area (Å²) < 4.78 is 45.2. The molecule has 0 aliphatic heterocycles. The van der Waals surface area contributed by atoms with Gasteiger partial charge in [-0.25, -0.2) is 19.4 Å². The topological polar surface area (TPSA) is 129 Å². The maximum atomic E-state index is 13.0. The molecule has 3 N–H and O–H groups in total. The van der Waals surface area contributed by atoms with Crippen LogP contribution in [0.2, 0.25) is 0 Å². The molecule has 0 radical (unpaired) electrons. The lowest BCUT2D eigenvalue weighted by atomic mass is 10.1. The lowest BCUT2D eigenvalue weighted by molar-refractivity contribution is -0.141. The van der Waals surface area contributed by atoms with Gasteiger partial charge in [0.25, 0.3) is 0 Å². The number of aromatic nitrogens is 5. The van der Waals surface area contributed by atoms with Gasteiger partial charge in [-0.05, 0) is 19.1 Å². The van der Waals surface area contributed by atoms with E-state index in [1.807, 2.05) is 0 Å². The van der Waals surface area contributed by atoms with Crippen molar-refractivity contribution in [2.75, 3.05) is 12.8 Å². The first-order valence-electron chi connectivity index (χ1n) is 7.66. The van der Waals surface area contributed by atoms with Crippen LogP contribution in [-0.2, 0) is 6.18 Å². The Morgan fingerprint density at radius 2 is 1.93 bits per heavy atom. The van der Waals surface area contributed by atoms with Crippen molar-refractivity contribution in [3.05, 3.63) is 41.5 Å². The molecule has 0 spiro atoms. The summed E-state index contributed by atoms with van der Waals surface area (Å²) in [4.78, 5) is 23.0. The third-order valence-electron chi connectivity index (χ3n) is 3.75. The van der Waals surface area contributed by atoms with Gasteiger partial charge >= 0.3 is 12.1 Å². The molecule has 3 rings (SSSR count). The van der Waals surface area contributed by atoms with E-state index >= 15 is 0 Å². The minimum atomic E-state index is -4.66. The number of hydrogen-bond acceptors (Lipinski definition) is 7. The lowest BCUT2D eigenvalue weighted by Gasteiger charge is -2.13. The monoisotopic (exact) mass is 394 g/mol.